The minimum atomic E-state index is -4.06. The lowest BCUT2D eigenvalue weighted by Crippen LogP contribution is -2.18. The highest BCUT2D eigenvalue weighted by Crippen LogP contribution is 2.28. The summed E-state index contributed by atoms with van der Waals surface area (Å²) in [7, 11) is -4.06. The molecular weight excluding hydrogens is 438 g/mol. The number of hydrogen-bond acceptors (Lipinski definition) is 4. The van der Waals surface area contributed by atoms with Crippen LogP contribution in [0.1, 0.15) is 27.2 Å². The predicted octanol–water partition coefficient (Wildman–Crippen LogP) is 5.18. The summed E-state index contributed by atoms with van der Waals surface area (Å²) < 4.78 is 42.2. The minimum Gasteiger partial charge on any atom is -0.287 e. The molecule has 9 heteroatoms. The molecule has 150 valence electrons. The Hall–Kier alpha value is -2.48. The molecule has 1 aromatic heterocycles. The number of halogens is 3. The van der Waals surface area contributed by atoms with Crippen LogP contribution in [0.15, 0.2) is 53.6 Å². The molecule has 3 aromatic rings. The number of aryl methyl sites for hydroxylation is 2. The summed E-state index contributed by atoms with van der Waals surface area (Å²) in [4.78, 5) is 16.8. The molecule has 5 nitrogen and oxygen atoms in total. The Kier molecular flexibility index (Phi) is 5.93. The number of aromatic nitrogens is 1. The maximum Gasteiger partial charge on any atom is 0.261 e. The lowest BCUT2D eigenvalue weighted by molar-refractivity contribution is 0.103. The molecule has 1 heterocycles. The summed E-state index contributed by atoms with van der Waals surface area (Å²) in [6.07, 6.45) is 1.16. The smallest absolute Gasteiger partial charge is 0.261 e. The number of nitrogens with zero attached hydrogens (tertiary/aromatic N) is 1. The molecule has 0 aliphatic carbocycles. The lowest BCUT2D eigenvalue weighted by atomic mass is 10.1. The van der Waals surface area contributed by atoms with Crippen molar-refractivity contribution in [3.05, 3.63) is 86.9 Å². The van der Waals surface area contributed by atoms with E-state index in [4.69, 9.17) is 23.2 Å². The van der Waals surface area contributed by atoms with Crippen molar-refractivity contribution in [2.75, 3.05) is 4.72 Å². The first kappa shape index (κ1) is 21.2. The quantitative estimate of drug-likeness (QED) is 0.541. The summed E-state index contributed by atoms with van der Waals surface area (Å²) in [5.74, 6) is -1.72. The highest BCUT2D eigenvalue weighted by atomic mass is 35.5. The average molecular weight is 453 g/mol. The number of anilines is 1. The van der Waals surface area contributed by atoms with Crippen LogP contribution in [0.2, 0.25) is 10.0 Å². The van der Waals surface area contributed by atoms with E-state index < -0.39 is 27.2 Å². The third kappa shape index (κ3) is 4.42. The van der Waals surface area contributed by atoms with Crippen LogP contribution in [-0.4, -0.2) is 19.2 Å². The van der Waals surface area contributed by atoms with Gasteiger partial charge >= 0.3 is 0 Å². The second-order valence-electron chi connectivity index (χ2n) is 6.33. The van der Waals surface area contributed by atoms with Gasteiger partial charge in [0.1, 0.15) is 11.5 Å². The van der Waals surface area contributed by atoms with Crippen LogP contribution in [-0.2, 0) is 10.0 Å². The molecule has 0 saturated carbocycles. The van der Waals surface area contributed by atoms with Crippen molar-refractivity contribution in [3.8, 4) is 0 Å². The molecule has 0 aliphatic heterocycles. The van der Waals surface area contributed by atoms with E-state index in [1.54, 1.807) is 13.0 Å². The fourth-order valence-electron chi connectivity index (χ4n) is 2.62. The number of carbonyl (C=O) groups is 1. The Bertz CT molecular complexity index is 1210. The third-order valence-corrected chi connectivity index (χ3v) is 6.18. The molecular formula is C20H15Cl2FN2O3S. The largest absolute Gasteiger partial charge is 0.287 e. The molecule has 0 bridgehead atoms. The molecule has 29 heavy (non-hydrogen) atoms. The first-order valence-electron chi connectivity index (χ1n) is 8.34. The van der Waals surface area contributed by atoms with Gasteiger partial charge in [-0.2, -0.15) is 0 Å². The van der Waals surface area contributed by atoms with Crippen LogP contribution < -0.4 is 4.72 Å². The summed E-state index contributed by atoms with van der Waals surface area (Å²) in [5.41, 5.74) is 0.800. The Morgan fingerprint density at radius 3 is 2.45 bits per heavy atom. The van der Waals surface area contributed by atoms with Gasteiger partial charge in [0.2, 0.25) is 5.78 Å². The van der Waals surface area contributed by atoms with Crippen molar-refractivity contribution in [2.45, 2.75) is 18.7 Å². The molecule has 0 aliphatic rings. The van der Waals surface area contributed by atoms with Gasteiger partial charge in [-0.3, -0.25) is 9.52 Å². The van der Waals surface area contributed by atoms with Gasteiger partial charge in [0.05, 0.1) is 26.2 Å². The van der Waals surface area contributed by atoms with Crippen LogP contribution in [0.5, 0.6) is 0 Å². The summed E-state index contributed by atoms with van der Waals surface area (Å²) >= 11 is 11.9. The van der Waals surface area contributed by atoms with E-state index in [1.165, 1.54) is 30.3 Å². The Morgan fingerprint density at radius 2 is 1.79 bits per heavy atom. The van der Waals surface area contributed by atoms with Crippen LogP contribution in [0.4, 0.5) is 10.1 Å². The standard InChI is InChI=1S/C20H15Cl2FN2O3S/c1-11-6-7-14(8-12(11)2)29(27,28)25-17-9-13(21)10-24-19(17)20(26)18-15(22)4-3-5-16(18)23/h3-10,25H,1-2H3. The van der Waals surface area contributed by atoms with E-state index in [0.717, 1.165) is 23.4 Å². The van der Waals surface area contributed by atoms with Gasteiger partial charge in [-0.1, -0.05) is 35.3 Å². The van der Waals surface area contributed by atoms with Crippen molar-refractivity contribution >= 4 is 44.7 Å². The molecule has 0 saturated heterocycles. The number of benzene rings is 2. The Labute approximate surface area is 177 Å². The van der Waals surface area contributed by atoms with Gasteiger partial charge in [0, 0.05) is 6.20 Å². The summed E-state index contributed by atoms with van der Waals surface area (Å²) in [5, 5.41) is -0.0197. The topological polar surface area (TPSA) is 76.1 Å². The van der Waals surface area contributed by atoms with Gasteiger partial charge in [-0.05, 0) is 55.3 Å². The van der Waals surface area contributed by atoms with Crippen molar-refractivity contribution in [1.82, 2.24) is 4.98 Å². The monoisotopic (exact) mass is 452 g/mol. The molecule has 0 fully saturated rings. The number of carbonyl (C=O) groups excluding carboxylic acids is 1. The number of rotatable bonds is 5. The van der Waals surface area contributed by atoms with E-state index in [0.29, 0.717) is 0 Å². The SMILES string of the molecule is Cc1ccc(S(=O)(=O)Nc2cc(Cl)cnc2C(=O)c2c(F)cccc2Cl)cc1C. The predicted molar refractivity (Wildman–Crippen MR) is 111 cm³/mol. The molecule has 0 spiro atoms. The van der Waals surface area contributed by atoms with Crippen LogP contribution in [0.3, 0.4) is 0 Å². The molecule has 0 atom stereocenters. The third-order valence-electron chi connectivity index (χ3n) is 4.29. The zero-order valence-corrected chi connectivity index (χ0v) is 17.7. The van der Waals surface area contributed by atoms with Crippen LogP contribution in [0.25, 0.3) is 0 Å². The maximum absolute atomic E-state index is 14.2. The van der Waals surface area contributed by atoms with Crippen LogP contribution in [0, 0.1) is 19.7 Å². The average Bonchev–Trinajstić information content (AvgIpc) is 2.63. The summed E-state index contributed by atoms with van der Waals surface area (Å²) in [6.45, 7) is 3.64. The second-order valence-corrected chi connectivity index (χ2v) is 8.85. The molecule has 1 N–H and O–H groups in total. The zero-order chi connectivity index (χ0) is 21.3. The number of nitrogens with one attached hydrogen (secondary N) is 1. The number of sulfonamides is 1. The van der Waals surface area contributed by atoms with Gasteiger partial charge in [0.15, 0.2) is 0 Å². The van der Waals surface area contributed by atoms with Gasteiger partial charge in [-0.15, -0.1) is 0 Å². The molecule has 2 aromatic carbocycles. The van der Waals surface area contributed by atoms with Crippen molar-refractivity contribution in [1.29, 1.82) is 0 Å². The normalized spacial score (nSPS) is 11.3. The van der Waals surface area contributed by atoms with Gasteiger partial charge in [0.25, 0.3) is 10.0 Å². The maximum atomic E-state index is 14.2. The Morgan fingerprint density at radius 1 is 1.07 bits per heavy atom. The first-order chi connectivity index (χ1) is 13.6. The Balaban J connectivity index is 2.08. The van der Waals surface area contributed by atoms with Crippen molar-refractivity contribution in [3.63, 3.8) is 0 Å². The second kappa shape index (κ2) is 8.10. The number of pyridine rings is 1. The van der Waals surface area contributed by atoms with Crippen molar-refractivity contribution < 1.29 is 17.6 Å². The highest BCUT2D eigenvalue weighted by molar-refractivity contribution is 7.92. The van der Waals surface area contributed by atoms with E-state index in [2.05, 4.69) is 9.71 Å². The van der Waals surface area contributed by atoms with Crippen molar-refractivity contribution in [2.24, 2.45) is 0 Å². The molecule has 0 unspecified atom stereocenters. The van der Waals surface area contributed by atoms with E-state index in [1.807, 2.05) is 6.92 Å². The minimum absolute atomic E-state index is 0.00268. The number of hydrogen-bond donors (Lipinski definition) is 1. The van der Waals surface area contributed by atoms with Gasteiger partial charge in [-0.25, -0.2) is 17.8 Å². The molecule has 0 radical (unpaired) electrons. The van der Waals surface area contributed by atoms with E-state index >= 15 is 0 Å². The molecule has 0 amide bonds. The lowest BCUT2D eigenvalue weighted by Gasteiger charge is -2.13. The highest BCUT2D eigenvalue weighted by Gasteiger charge is 2.25. The fraction of sp³-hybridized carbons (Fsp3) is 0.100. The zero-order valence-electron chi connectivity index (χ0n) is 15.3. The van der Waals surface area contributed by atoms with E-state index in [-0.39, 0.29) is 26.3 Å². The molecule has 3 rings (SSSR count). The first-order valence-corrected chi connectivity index (χ1v) is 10.6. The summed E-state index contributed by atoms with van der Waals surface area (Å²) in [6, 6.07) is 9.64. The van der Waals surface area contributed by atoms with E-state index in [9.17, 15) is 17.6 Å². The number of ketones is 1. The van der Waals surface area contributed by atoms with Crippen LogP contribution >= 0.6 is 23.2 Å². The fourth-order valence-corrected chi connectivity index (χ4v) is 4.16. The van der Waals surface area contributed by atoms with Gasteiger partial charge < -0.3 is 0 Å².